The van der Waals surface area contributed by atoms with Crippen LogP contribution in [0.5, 0.6) is 0 Å². The van der Waals surface area contributed by atoms with E-state index in [2.05, 4.69) is 24.4 Å². The van der Waals surface area contributed by atoms with Gasteiger partial charge in [-0.3, -0.25) is 0 Å². The molecule has 2 saturated heterocycles. The number of nitrogens with zero attached hydrogens (tertiary/aromatic N) is 2. The first kappa shape index (κ1) is 12.0. The SMILES string of the molecule is CCc1ccc(CN2CC3CNCCN3C2=O)s1. The van der Waals surface area contributed by atoms with Crippen LogP contribution >= 0.6 is 11.3 Å². The lowest BCUT2D eigenvalue weighted by molar-refractivity contribution is 0.178. The van der Waals surface area contributed by atoms with Crippen molar-refractivity contribution < 1.29 is 4.79 Å². The zero-order valence-corrected chi connectivity index (χ0v) is 11.5. The molecular weight excluding hydrogens is 246 g/mol. The summed E-state index contributed by atoms with van der Waals surface area (Å²) in [6, 6.07) is 4.92. The van der Waals surface area contributed by atoms with Gasteiger partial charge in [-0.15, -0.1) is 11.3 Å². The predicted octanol–water partition coefficient (Wildman–Crippen LogP) is 1.52. The van der Waals surface area contributed by atoms with Crippen LogP contribution in [0.4, 0.5) is 4.79 Å². The van der Waals surface area contributed by atoms with E-state index in [4.69, 9.17) is 0 Å². The molecule has 0 aliphatic carbocycles. The van der Waals surface area contributed by atoms with Crippen molar-refractivity contribution in [3.63, 3.8) is 0 Å². The molecule has 4 nitrogen and oxygen atoms in total. The van der Waals surface area contributed by atoms with E-state index in [9.17, 15) is 4.79 Å². The second kappa shape index (κ2) is 4.90. The van der Waals surface area contributed by atoms with E-state index < -0.39 is 0 Å². The highest BCUT2D eigenvalue weighted by molar-refractivity contribution is 7.11. The van der Waals surface area contributed by atoms with Crippen LogP contribution in [0.2, 0.25) is 0 Å². The van der Waals surface area contributed by atoms with Crippen LogP contribution in [0.25, 0.3) is 0 Å². The number of aryl methyl sites for hydroxylation is 1. The fourth-order valence-electron chi connectivity index (χ4n) is 2.71. The summed E-state index contributed by atoms with van der Waals surface area (Å²) >= 11 is 1.83. The summed E-state index contributed by atoms with van der Waals surface area (Å²) in [5.41, 5.74) is 0. The van der Waals surface area contributed by atoms with Gasteiger partial charge in [0, 0.05) is 35.9 Å². The van der Waals surface area contributed by atoms with Crippen LogP contribution in [0.3, 0.4) is 0 Å². The standard InChI is InChI=1S/C13H19N3OS/c1-2-11-3-4-12(18-11)9-15-8-10-7-14-5-6-16(10)13(15)17/h3-4,10,14H,2,5-9H2,1H3. The van der Waals surface area contributed by atoms with Gasteiger partial charge in [0.1, 0.15) is 0 Å². The van der Waals surface area contributed by atoms with Crippen LogP contribution in [0, 0.1) is 0 Å². The normalized spacial score (nSPS) is 23.6. The molecule has 1 unspecified atom stereocenters. The number of piperazine rings is 1. The lowest BCUT2D eigenvalue weighted by Gasteiger charge is -2.28. The summed E-state index contributed by atoms with van der Waals surface area (Å²) in [7, 11) is 0. The molecule has 2 aliphatic rings. The molecule has 0 saturated carbocycles. The number of hydrogen-bond acceptors (Lipinski definition) is 3. The average molecular weight is 265 g/mol. The first-order valence-corrected chi connectivity index (χ1v) is 7.43. The number of amides is 2. The Kier molecular flexibility index (Phi) is 3.26. The van der Waals surface area contributed by atoms with Crippen molar-refractivity contribution >= 4 is 17.4 Å². The Balaban J connectivity index is 1.68. The smallest absolute Gasteiger partial charge is 0.317 e. The van der Waals surface area contributed by atoms with Gasteiger partial charge in [-0.2, -0.15) is 0 Å². The molecule has 1 aromatic heterocycles. The highest BCUT2D eigenvalue weighted by Crippen LogP contribution is 2.23. The third kappa shape index (κ3) is 2.12. The number of urea groups is 1. The molecule has 2 aliphatic heterocycles. The Morgan fingerprint density at radius 3 is 3.00 bits per heavy atom. The Hall–Kier alpha value is -1.07. The molecule has 2 fully saturated rings. The number of carbonyl (C=O) groups excluding carboxylic acids is 1. The molecule has 1 atom stereocenters. The van der Waals surface area contributed by atoms with Gasteiger partial charge in [0.2, 0.25) is 0 Å². The van der Waals surface area contributed by atoms with Gasteiger partial charge in [-0.05, 0) is 18.6 Å². The van der Waals surface area contributed by atoms with Crippen molar-refractivity contribution in [2.24, 2.45) is 0 Å². The van der Waals surface area contributed by atoms with Crippen molar-refractivity contribution in [3.8, 4) is 0 Å². The van der Waals surface area contributed by atoms with Gasteiger partial charge in [0.05, 0.1) is 12.6 Å². The number of rotatable bonds is 3. The maximum atomic E-state index is 12.2. The summed E-state index contributed by atoms with van der Waals surface area (Å²) in [4.78, 5) is 19.0. The summed E-state index contributed by atoms with van der Waals surface area (Å²) in [5.74, 6) is 0. The monoisotopic (exact) mass is 265 g/mol. The zero-order chi connectivity index (χ0) is 12.5. The highest BCUT2D eigenvalue weighted by Gasteiger charge is 2.38. The number of carbonyl (C=O) groups is 1. The fourth-order valence-corrected chi connectivity index (χ4v) is 3.68. The Morgan fingerprint density at radius 2 is 2.28 bits per heavy atom. The topological polar surface area (TPSA) is 35.6 Å². The third-order valence-electron chi connectivity index (χ3n) is 3.71. The Labute approximate surface area is 112 Å². The lowest BCUT2D eigenvalue weighted by Crippen LogP contribution is -2.49. The zero-order valence-electron chi connectivity index (χ0n) is 10.7. The van der Waals surface area contributed by atoms with Gasteiger partial charge in [0.25, 0.3) is 0 Å². The van der Waals surface area contributed by atoms with E-state index in [0.29, 0.717) is 6.04 Å². The lowest BCUT2D eigenvalue weighted by atomic mass is 10.2. The molecule has 0 bridgehead atoms. The van der Waals surface area contributed by atoms with Gasteiger partial charge in [-0.25, -0.2) is 4.79 Å². The van der Waals surface area contributed by atoms with Crippen molar-refractivity contribution in [3.05, 3.63) is 21.9 Å². The second-order valence-corrected chi connectivity index (χ2v) is 6.19. The van der Waals surface area contributed by atoms with Crippen molar-refractivity contribution in [1.29, 1.82) is 0 Å². The summed E-state index contributed by atoms with van der Waals surface area (Å²) in [6.45, 7) is 6.52. The first-order valence-electron chi connectivity index (χ1n) is 6.61. The average Bonchev–Trinajstić information content (AvgIpc) is 2.97. The minimum Gasteiger partial charge on any atom is -0.317 e. The van der Waals surface area contributed by atoms with Crippen LogP contribution < -0.4 is 5.32 Å². The largest absolute Gasteiger partial charge is 0.320 e. The Morgan fingerprint density at radius 1 is 1.44 bits per heavy atom. The van der Waals surface area contributed by atoms with Crippen molar-refractivity contribution in [1.82, 2.24) is 15.1 Å². The minimum atomic E-state index is 0.216. The van der Waals surface area contributed by atoms with Crippen LogP contribution in [-0.2, 0) is 13.0 Å². The van der Waals surface area contributed by atoms with E-state index in [-0.39, 0.29) is 6.03 Å². The van der Waals surface area contributed by atoms with Gasteiger partial charge >= 0.3 is 6.03 Å². The molecule has 3 rings (SSSR count). The molecule has 0 spiro atoms. The summed E-state index contributed by atoms with van der Waals surface area (Å²) in [6.07, 6.45) is 1.08. The number of thiophene rings is 1. The summed E-state index contributed by atoms with van der Waals surface area (Å²) < 4.78 is 0. The van der Waals surface area contributed by atoms with Gasteiger partial charge in [-0.1, -0.05) is 6.92 Å². The molecule has 18 heavy (non-hydrogen) atoms. The van der Waals surface area contributed by atoms with Crippen LogP contribution in [-0.4, -0.2) is 48.1 Å². The Bertz CT molecular complexity index is 445. The molecule has 98 valence electrons. The molecule has 2 amide bonds. The molecule has 1 aromatic rings. The molecule has 1 N–H and O–H groups in total. The summed E-state index contributed by atoms with van der Waals surface area (Å²) in [5, 5.41) is 3.36. The molecular formula is C13H19N3OS. The predicted molar refractivity (Wildman–Crippen MR) is 72.9 cm³/mol. The van der Waals surface area contributed by atoms with E-state index in [0.717, 1.165) is 39.1 Å². The second-order valence-electron chi connectivity index (χ2n) is 4.94. The number of fused-ring (bicyclic) bond motifs is 1. The number of hydrogen-bond donors (Lipinski definition) is 1. The van der Waals surface area contributed by atoms with Crippen molar-refractivity contribution in [2.75, 3.05) is 26.2 Å². The maximum Gasteiger partial charge on any atom is 0.320 e. The van der Waals surface area contributed by atoms with Crippen LogP contribution in [0.15, 0.2) is 12.1 Å². The van der Waals surface area contributed by atoms with E-state index in [1.807, 2.05) is 21.1 Å². The van der Waals surface area contributed by atoms with E-state index in [1.54, 1.807) is 0 Å². The maximum absolute atomic E-state index is 12.2. The van der Waals surface area contributed by atoms with Crippen molar-refractivity contribution in [2.45, 2.75) is 25.9 Å². The third-order valence-corrected chi connectivity index (χ3v) is 4.92. The van der Waals surface area contributed by atoms with Crippen LogP contribution in [0.1, 0.15) is 16.7 Å². The highest BCUT2D eigenvalue weighted by atomic mass is 32.1. The number of nitrogens with one attached hydrogen (secondary N) is 1. The molecule has 0 aromatic carbocycles. The molecule has 5 heteroatoms. The molecule has 0 radical (unpaired) electrons. The minimum absolute atomic E-state index is 0.216. The van der Waals surface area contributed by atoms with Gasteiger partial charge in [0.15, 0.2) is 0 Å². The fraction of sp³-hybridized carbons (Fsp3) is 0.615. The quantitative estimate of drug-likeness (QED) is 0.899. The van der Waals surface area contributed by atoms with Gasteiger partial charge < -0.3 is 15.1 Å². The van der Waals surface area contributed by atoms with E-state index >= 15 is 0 Å². The van der Waals surface area contributed by atoms with E-state index in [1.165, 1.54) is 9.75 Å². The molecule has 3 heterocycles. The first-order chi connectivity index (χ1) is 8.78.